The van der Waals surface area contributed by atoms with Gasteiger partial charge >= 0.3 is 5.76 Å². The summed E-state index contributed by atoms with van der Waals surface area (Å²) >= 11 is 0. The fourth-order valence-electron chi connectivity index (χ4n) is 1.75. The molecule has 0 spiro atoms. The Morgan fingerprint density at radius 1 is 1.56 bits per heavy atom. The van der Waals surface area contributed by atoms with E-state index in [0.29, 0.717) is 18.7 Å². The van der Waals surface area contributed by atoms with Gasteiger partial charge in [0.2, 0.25) is 0 Å². The Balaban J connectivity index is 2.10. The minimum absolute atomic E-state index is 0.238. The first-order valence-electron chi connectivity index (χ1n) is 5.79. The first-order valence-corrected chi connectivity index (χ1v) is 5.79. The molecule has 0 fully saturated rings. The summed E-state index contributed by atoms with van der Waals surface area (Å²) in [6, 6.07) is 5.54. The van der Waals surface area contributed by atoms with Crippen molar-refractivity contribution in [2.75, 3.05) is 13.1 Å². The number of aryl methyl sites for hydroxylation is 1. The number of fused-ring (bicyclic) bond motifs is 1. The second-order valence-electron chi connectivity index (χ2n) is 4.25. The highest BCUT2D eigenvalue weighted by molar-refractivity contribution is 5.73. The summed E-state index contributed by atoms with van der Waals surface area (Å²) in [5.74, 6) is -0.367. The summed E-state index contributed by atoms with van der Waals surface area (Å²) < 4.78 is 6.51. The van der Waals surface area contributed by atoms with E-state index in [2.05, 4.69) is 5.32 Å². The summed E-state index contributed by atoms with van der Waals surface area (Å²) in [7, 11) is 1.67. The van der Waals surface area contributed by atoms with Crippen LogP contribution in [-0.2, 0) is 13.6 Å². The Labute approximate surface area is 104 Å². The fourth-order valence-corrected chi connectivity index (χ4v) is 1.75. The smallest absolute Gasteiger partial charge is 0.408 e. The second kappa shape index (κ2) is 5.34. The molecule has 0 amide bonds. The van der Waals surface area contributed by atoms with Crippen molar-refractivity contribution in [3.05, 3.63) is 34.3 Å². The third kappa shape index (κ3) is 2.61. The Morgan fingerprint density at radius 2 is 2.33 bits per heavy atom. The first kappa shape index (κ1) is 12.8. The molecule has 98 valence electrons. The van der Waals surface area contributed by atoms with Crippen LogP contribution in [0.4, 0.5) is 0 Å². The molecule has 6 heteroatoms. The molecule has 1 heterocycles. The van der Waals surface area contributed by atoms with Crippen molar-refractivity contribution in [3.8, 4) is 0 Å². The average molecular weight is 251 g/mol. The van der Waals surface area contributed by atoms with Gasteiger partial charge in [-0.15, -0.1) is 0 Å². The molecule has 2 aromatic rings. The van der Waals surface area contributed by atoms with E-state index in [4.69, 9.17) is 10.2 Å². The summed E-state index contributed by atoms with van der Waals surface area (Å²) in [5, 5.41) is 12.4. The maximum Gasteiger partial charge on any atom is 0.419 e. The van der Waals surface area contributed by atoms with Crippen molar-refractivity contribution < 1.29 is 9.52 Å². The van der Waals surface area contributed by atoms with Crippen molar-refractivity contribution in [1.29, 1.82) is 0 Å². The van der Waals surface area contributed by atoms with E-state index in [0.717, 1.165) is 11.1 Å². The van der Waals surface area contributed by atoms with Crippen LogP contribution < -0.4 is 16.8 Å². The summed E-state index contributed by atoms with van der Waals surface area (Å²) in [6.07, 6.45) is -0.535. The van der Waals surface area contributed by atoms with Crippen molar-refractivity contribution in [2.24, 2.45) is 12.8 Å². The van der Waals surface area contributed by atoms with Crippen LogP contribution in [0.15, 0.2) is 27.4 Å². The van der Waals surface area contributed by atoms with Crippen molar-refractivity contribution in [3.63, 3.8) is 0 Å². The monoisotopic (exact) mass is 251 g/mol. The van der Waals surface area contributed by atoms with Crippen LogP contribution in [-0.4, -0.2) is 28.9 Å². The number of aliphatic hydroxyl groups is 1. The molecular weight excluding hydrogens is 234 g/mol. The van der Waals surface area contributed by atoms with E-state index in [1.54, 1.807) is 13.1 Å². The molecule has 0 saturated heterocycles. The van der Waals surface area contributed by atoms with Gasteiger partial charge in [0.15, 0.2) is 5.58 Å². The molecule has 6 nitrogen and oxygen atoms in total. The minimum Gasteiger partial charge on any atom is -0.408 e. The highest BCUT2D eigenvalue weighted by atomic mass is 16.4. The van der Waals surface area contributed by atoms with Crippen LogP contribution in [0.5, 0.6) is 0 Å². The Morgan fingerprint density at radius 3 is 3.06 bits per heavy atom. The number of aromatic nitrogens is 1. The summed E-state index contributed by atoms with van der Waals surface area (Å²) in [6.45, 7) is 1.29. The van der Waals surface area contributed by atoms with E-state index in [1.165, 1.54) is 4.57 Å². The quantitative estimate of drug-likeness (QED) is 0.668. The Hall–Kier alpha value is -1.63. The molecule has 1 atom stereocenters. The zero-order valence-corrected chi connectivity index (χ0v) is 10.2. The number of benzene rings is 1. The fraction of sp³-hybridized carbons (Fsp3) is 0.417. The van der Waals surface area contributed by atoms with Gasteiger partial charge in [-0.1, -0.05) is 6.07 Å². The van der Waals surface area contributed by atoms with Crippen LogP contribution in [0, 0.1) is 0 Å². The molecule has 0 radical (unpaired) electrons. The number of rotatable bonds is 5. The molecule has 1 aromatic carbocycles. The first-order chi connectivity index (χ1) is 8.61. The molecule has 0 aliphatic carbocycles. The standard InChI is InChI=1S/C12H17N3O3/c1-15-10-4-8(6-14-7-9(16)5-13)2-3-11(10)18-12(15)17/h2-4,9,14,16H,5-7,13H2,1H3. The maximum absolute atomic E-state index is 11.3. The van der Waals surface area contributed by atoms with Crippen LogP contribution in [0.1, 0.15) is 5.56 Å². The number of oxazole rings is 1. The van der Waals surface area contributed by atoms with Gasteiger partial charge < -0.3 is 20.6 Å². The number of nitrogens with zero attached hydrogens (tertiary/aromatic N) is 1. The lowest BCUT2D eigenvalue weighted by molar-refractivity contribution is 0.179. The molecular formula is C12H17N3O3. The van der Waals surface area contributed by atoms with E-state index >= 15 is 0 Å². The molecule has 0 aliphatic rings. The van der Waals surface area contributed by atoms with E-state index in [1.807, 2.05) is 12.1 Å². The van der Waals surface area contributed by atoms with E-state index in [-0.39, 0.29) is 12.3 Å². The van der Waals surface area contributed by atoms with Gasteiger partial charge in [-0.3, -0.25) is 4.57 Å². The third-order valence-electron chi connectivity index (χ3n) is 2.84. The van der Waals surface area contributed by atoms with Crippen molar-refractivity contribution in [2.45, 2.75) is 12.6 Å². The molecule has 0 aliphatic heterocycles. The van der Waals surface area contributed by atoms with Crippen LogP contribution in [0.2, 0.25) is 0 Å². The van der Waals surface area contributed by atoms with Crippen LogP contribution in [0.25, 0.3) is 11.1 Å². The number of nitrogens with one attached hydrogen (secondary N) is 1. The zero-order chi connectivity index (χ0) is 13.1. The number of aliphatic hydroxyl groups excluding tert-OH is 1. The topological polar surface area (TPSA) is 93.4 Å². The van der Waals surface area contributed by atoms with E-state index < -0.39 is 6.10 Å². The van der Waals surface area contributed by atoms with Crippen LogP contribution in [0.3, 0.4) is 0 Å². The molecule has 0 saturated carbocycles. The predicted molar refractivity (Wildman–Crippen MR) is 68.2 cm³/mol. The zero-order valence-electron chi connectivity index (χ0n) is 10.2. The second-order valence-corrected chi connectivity index (χ2v) is 4.25. The number of hydrogen-bond donors (Lipinski definition) is 3. The van der Waals surface area contributed by atoms with Gasteiger partial charge in [0.1, 0.15) is 0 Å². The van der Waals surface area contributed by atoms with Gasteiger partial charge in [-0.2, -0.15) is 0 Å². The summed E-state index contributed by atoms with van der Waals surface area (Å²) in [5.41, 5.74) is 7.66. The molecule has 18 heavy (non-hydrogen) atoms. The van der Waals surface area contributed by atoms with Gasteiger partial charge in [-0.05, 0) is 17.7 Å². The number of hydrogen-bond acceptors (Lipinski definition) is 5. The van der Waals surface area contributed by atoms with Crippen LogP contribution >= 0.6 is 0 Å². The van der Waals surface area contributed by atoms with Gasteiger partial charge in [0.25, 0.3) is 0 Å². The Bertz CT molecular complexity index is 588. The SMILES string of the molecule is Cn1c(=O)oc2ccc(CNCC(O)CN)cc21. The normalized spacial score (nSPS) is 13.1. The Kier molecular flexibility index (Phi) is 3.81. The number of nitrogens with two attached hydrogens (primary N) is 1. The van der Waals surface area contributed by atoms with E-state index in [9.17, 15) is 9.90 Å². The van der Waals surface area contributed by atoms with Crippen molar-refractivity contribution >= 4 is 11.1 Å². The lowest BCUT2D eigenvalue weighted by Gasteiger charge is -2.09. The van der Waals surface area contributed by atoms with Gasteiger partial charge in [0.05, 0.1) is 11.6 Å². The molecule has 2 rings (SSSR count). The van der Waals surface area contributed by atoms with Gasteiger partial charge in [0, 0.05) is 26.7 Å². The summed E-state index contributed by atoms with van der Waals surface area (Å²) in [4.78, 5) is 11.3. The third-order valence-corrected chi connectivity index (χ3v) is 2.84. The highest BCUT2D eigenvalue weighted by Gasteiger charge is 2.06. The molecule has 0 bridgehead atoms. The van der Waals surface area contributed by atoms with Crippen molar-refractivity contribution in [1.82, 2.24) is 9.88 Å². The maximum atomic E-state index is 11.3. The predicted octanol–water partition coefficient (Wildman–Crippen LogP) is -0.459. The minimum atomic E-state index is -0.535. The lowest BCUT2D eigenvalue weighted by atomic mass is 10.2. The highest BCUT2D eigenvalue weighted by Crippen LogP contribution is 2.13. The van der Waals surface area contributed by atoms with Gasteiger partial charge in [-0.25, -0.2) is 4.79 Å². The average Bonchev–Trinajstić information content (AvgIpc) is 2.65. The molecule has 1 unspecified atom stereocenters. The largest absolute Gasteiger partial charge is 0.419 e. The lowest BCUT2D eigenvalue weighted by Crippen LogP contribution is -2.32. The molecule has 1 aromatic heterocycles. The molecule has 4 N–H and O–H groups in total.